The van der Waals surface area contributed by atoms with E-state index < -0.39 is 136 Å². The molecule has 0 amide bonds. The number of aliphatic hydroxyl groups is 10. The first-order chi connectivity index (χ1) is 20.7. The Balaban J connectivity index is 1.50. The fraction of sp³-hybridized carbons (Fsp3) is 1.00. The van der Waals surface area contributed by atoms with E-state index in [-0.39, 0.29) is 13.0 Å². The maximum absolute atomic E-state index is 11.0. The summed E-state index contributed by atoms with van der Waals surface area (Å²) in [5, 5.41) is 103. The number of aliphatic hydroxyl groups excluding tert-OH is 10. The minimum atomic E-state index is -1.93. The predicted octanol–water partition coefficient (Wildman–Crippen LogP) is -9.47. The summed E-state index contributed by atoms with van der Waals surface area (Å²) in [6.45, 7) is -1.77. The summed E-state index contributed by atoms with van der Waals surface area (Å²) in [5.41, 5.74) is 24.0. The number of ether oxygens (including phenoxy) is 6. The molecule has 258 valence electrons. The highest BCUT2D eigenvalue weighted by Gasteiger charge is 2.54. The molecule has 3 heterocycles. The number of hydrogen-bond acceptors (Lipinski definition) is 20. The molecule has 0 spiro atoms. The van der Waals surface area contributed by atoms with Crippen LogP contribution < -0.4 is 22.9 Å². The van der Waals surface area contributed by atoms with E-state index in [1.165, 1.54) is 0 Å². The first-order valence-corrected chi connectivity index (χ1v) is 14.3. The van der Waals surface area contributed by atoms with Crippen molar-refractivity contribution in [3.63, 3.8) is 0 Å². The van der Waals surface area contributed by atoms with Gasteiger partial charge < -0.3 is 102 Å². The van der Waals surface area contributed by atoms with Crippen LogP contribution in [0, 0.1) is 0 Å². The van der Waals surface area contributed by atoms with Gasteiger partial charge in [0.05, 0.1) is 25.4 Å². The number of hydrogen-bond donors (Lipinski definition) is 14. The highest BCUT2D eigenvalue weighted by Crippen LogP contribution is 2.33. The third-order valence-electron chi connectivity index (χ3n) is 8.59. The molecule has 4 rings (SSSR count). The lowest BCUT2D eigenvalue weighted by molar-refractivity contribution is -0.371. The quantitative estimate of drug-likeness (QED) is 0.110. The summed E-state index contributed by atoms with van der Waals surface area (Å²) in [5.74, 6) is 0. The van der Waals surface area contributed by atoms with Crippen molar-refractivity contribution in [2.45, 2.75) is 129 Å². The standard InChI is InChI=1S/C24H46N4O16/c25-2-7-12(32)14(34)10(28)22(39-7)42-19-6(27)1-5(26)11(31)21(19)44-24-18(38)16(36)20(9(4-30)41-24)43-23-17(37)15(35)13(33)8(3-29)40-23/h5-24,29-38H,1-4,25-28H2/t5-,6+,7-,8-,9-,10-,11+,12-,13-,14-,15+,16+,17-,18-,19-,20-,21-,22-,23+,24+/m1/s1. The second-order valence-electron chi connectivity index (χ2n) is 11.6. The lowest BCUT2D eigenvalue weighted by Gasteiger charge is -2.49. The van der Waals surface area contributed by atoms with Crippen LogP contribution in [0.25, 0.3) is 0 Å². The normalized spacial score (nSPS) is 53.9. The Morgan fingerprint density at radius 2 is 1.00 bits per heavy atom. The first-order valence-electron chi connectivity index (χ1n) is 14.3. The van der Waals surface area contributed by atoms with Crippen molar-refractivity contribution in [2.24, 2.45) is 22.9 Å². The van der Waals surface area contributed by atoms with Gasteiger partial charge in [0, 0.05) is 18.6 Å². The van der Waals surface area contributed by atoms with Crippen LogP contribution in [0.15, 0.2) is 0 Å². The summed E-state index contributed by atoms with van der Waals surface area (Å²) in [4.78, 5) is 0. The molecule has 3 aliphatic heterocycles. The van der Waals surface area contributed by atoms with Crippen LogP contribution in [0.1, 0.15) is 6.42 Å². The van der Waals surface area contributed by atoms with Gasteiger partial charge in [0.15, 0.2) is 18.9 Å². The second kappa shape index (κ2) is 15.0. The molecule has 0 aromatic rings. The van der Waals surface area contributed by atoms with Gasteiger partial charge in [0.25, 0.3) is 0 Å². The fourth-order valence-electron chi connectivity index (χ4n) is 5.85. The SMILES string of the molecule is NC[C@H]1O[C@H](O[C@H]2[C@H](O[C@@H]3O[C@H](CO)[C@@H](O[C@@H]4O[C@H](CO)[C@@H](O)[C@H](O)[C@H]4O)[C@@H](O)[C@H]3O)[C@@H](O)[C@H](N)C[C@@H]2N)[C@H](N)[C@@H](O)[C@@H]1O. The summed E-state index contributed by atoms with van der Waals surface area (Å²) in [6, 6.07) is -3.14. The van der Waals surface area contributed by atoms with Crippen molar-refractivity contribution in [3.8, 4) is 0 Å². The molecule has 18 N–H and O–H groups in total. The van der Waals surface area contributed by atoms with Crippen LogP contribution in [0.2, 0.25) is 0 Å². The molecule has 0 radical (unpaired) electrons. The lowest BCUT2D eigenvalue weighted by atomic mass is 9.84. The van der Waals surface area contributed by atoms with Crippen LogP contribution in [0.3, 0.4) is 0 Å². The molecule has 3 saturated heterocycles. The number of nitrogens with two attached hydrogens (primary N) is 4. The van der Waals surface area contributed by atoms with Crippen LogP contribution in [0.5, 0.6) is 0 Å². The molecule has 20 heteroatoms. The predicted molar refractivity (Wildman–Crippen MR) is 140 cm³/mol. The Kier molecular flexibility index (Phi) is 12.3. The second-order valence-corrected chi connectivity index (χ2v) is 11.6. The van der Waals surface area contributed by atoms with Gasteiger partial charge in [-0.15, -0.1) is 0 Å². The van der Waals surface area contributed by atoms with E-state index >= 15 is 0 Å². The lowest BCUT2D eigenvalue weighted by Crippen LogP contribution is -2.69. The van der Waals surface area contributed by atoms with Crippen molar-refractivity contribution < 1.29 is 79.5 Å². The topological polar surface area (TPSA) is 362 Å². The average molecular weight is 647 g/mol. The zero-order chi connectivity index (χ0) is 32.6. The van der Waals surface area contributed by atoms with Gasteiger partial charge in [-0.1, -0.05) is 0 Å². The first kappa shape index (κ1) is 36.0. The molecule has 44 heavy (non-hydrogen) atoms. The van der Waals surface area contributed by atoms with E-state index in [9.17, 15) is 51.1 Å². The van der Waals surface area contributed by atoms with E-state index in [2.05, 4.69) is 0 Å². The molecule has 1 saturated carbocycles. The van der Waals surface area contributed by atoms with E-state index in [1.54, 1.807) is 0 Å². The summed E-state index contributed by atoms with van der Waals surface area (Å²) < 4.78 is 33.9. The van der Waals surface area contributed by atoms with Gasteiger partial charge in [-0.3, -0.25) is 0 Å². The van der Waals surface area contributed by atoms with E-state index in [0.29, 0.717) is 0 Å². The zero-order valence-electron chi connectivity index (χ0n) is 23.6. The Labute approximate surface area is 251 Å². The van der Waals surface area contributed by atoms with Crippen LogP contribution in [-0.2, 0) is 28.4 Å². The number of rotatable bonds is 9. The molecule has 0 unspecified atom stereocenters. The van der Waals surface area contributed by atoms with Gasteiger partial charge in [-0.25, -0.2) is 0 Å². The third-order valence-corrected chi connectivity index (χ3v) is 8.59. The molecule has 1 aliphatic carbocycles. The largest absolute Gasteiger partial charge is 0.394 e. The molecule has 20 atom stereocenters. The van der Waals surface area contributed by atoms with Crippen LogP contribution in [-0.4, -0.2) is 193 Å². The highest BCUT2D eigenvalue weighted by molar-refractivity contribution is 5.02. The van der Waals surface area contributed by atoms with Crippen molar-refractivity contribution in [1.29, 1.82) is 0 Å². The van der Waals surface area contributed by atoms with Gasteiger partial charge in [-0.05, 0) is 6.42 Å². The van der Waals surface area contributed by atoms with E-state index in [1.807, 2.05) is 0 Å². The molecule has 4 fully saturated rings. The Bertz CT molecular complexity index is 910. The van der Waals surface area contributed by atoms with Gasteiger partial charge >= 0.3 is 0 Å². The Morgan fingerprint density at radius 3 is 1.59 bits per heavy atom. The van der Waals surface area contributed by atoms with Gasteiger partial charge in [0.2, 0.25) is 0 Å². The average Bonchev–Trinajstić information content (AvgIpc) is 3.00. The van der Waals surface area contributed by atoms with Crippen molar-refractivity contribution in [1.82, 2.24) is 0 Å². The Hall–Kier alpha value is -0.800. The van der Waals surface area contributed by atoms with Crippen molar-refractivity contribution in [3.05, 3.63) is 0 Å². The van der Waals surface area contributed by atoms with Gasteiger partial charge in [0.1, 0.15) is 79.4 Å². The van der Waals surface area contributed by atoms with Crippen molar-refractivity contribution >= 4 is 0 Å². The van der Waals surface area contributed by atoms with Crippen LogP contribution in [0.4, 0.5) is 0 Å². The molecule has 20 nitrogen and oxygen atoms in total. The van der Waals surface area contributed by atoms with Crippen molar-refractivity contribution in [2.75, 3.05) is 19.8 Å². The third kappa shape index (κ3) is 7.05. The molecule has 0 aromatic carbocycles. The Morgan fingerprint density at radius 1 is 0.500 bits per heavy atom. The maximum Gasteiger partial charge on any atom is 0.187 e. The minimum Gasteiger partial charge on any atom is -0.394 e. The summed E-state index contributed by atoms with van der Waals surface area (Å²) in [6.07, 6.45) is -26.5. The fourth-order valence-corrected chi connectivity index (χ4v) is 5.85. The monoisotopic (exact) mass is 646 g/mol. The van der Waals surface area contributed by atoms with Gasteiger partial charge in [-0.2, -0.15) is 0 Å². The molecule has 0 bridgehead atoms. The zero-order valence-corrected chi connectivity index (χ0v) is 23.6. The van der Waals surface area contributed by atoms with E-state index in [0.717, 1.165) is 0 Å². The molecular weight excluding hydrogens is 600 g/mol. The summed E-state index contributed by atoms with van der Waals surface area (Å²) >= 11 is 0. The van der Waals surface area contributed by atoms with E-state index in [4.69, 9.17) is 51.4 Å². The molecule has 0 aromatic heterocycles. The molecule has 4 aliphatic rings. The maximum atomic E-state index is 11.0. The molecular formula is C24H46N4O16. The summed E-state index contributed by atoms with van der Waals surface area (Å²) in [7, 11) is 0. The minimum absolute atomic E-state index is 0.0319. The smallest absolute Gasteiger partial charge is 0.187 e. The highest BCUT2D eigenvalue weighted by atomic mass is 16.8. The van der Waals surface area contributed by atoms with Crippen LogP contribution >= 0.6 is 0 Å².